The molecule has 0 saturated carbocycles. The molecule has 0 aromatic heterocycles. The third-order valence-corrected chi connectivity index (χ3v) is 6.69. The minimum Gasteiger partial charge on any atom is -0.347 e. The number of benzene rings is 1. The molecule has 26 heavy (non-hydrogen) atoms. The number of nitrogens with one attached hydrogen (secondary N) is 2. The van der Waals surface area contributed by atoms with Crippen LogP contribution in [0.15, 0.2) is 23.1 Å². The fraction of sp³-hybridized carbons (Fsp3) is 0.500. The standard InChI is InChI=1S/C16H19N3O6S/c20-14-10-15(21)18-13-9-11(1-2-12(13)17-14)26(22,23)19-5-3-16(4-6-19)24-7-8-25-16/h1-2,9H,3-8,10H2,(H,17,20)(H,18,21). The molecule has 0 bridgehead atoms. The van der Waals surface area contributed by atoms with Crippen molar-refractivity contribution in [2.45, 2.75) is 29.9 Å². The van der Waals surface area contributed by atoms with Gasteiger partial charge in [-0.15, -0.1) is 0 Å². The Balaban J connectivity index is 1.57. The molecule has 2 fully saturated rings. The molecule has 4 rings (SSSR count). The summed E-state index contributed by atoms with van der Waals surface area (Å²) in [4.78, 5) is 23.4. The van der Waals surface area contributed by atoms with Crippen molar-refractivity contribution in [1.29, 1.82) is 0 Å². The Kier molecular flexibility index (Phi) is 4.22. The summed E-state index contributed by atoms with van der Waals surface area (Å²) in [7, 11) is -3.73. The number of nitrogens with zero attached hydrogens (tertiary/aromatic N) is 1. The molecule has 140 valence electrons. The van der Waals surface area contributed by atoms with Crippen LogP contribution in [0.5, 0.6) is 0 Å². The van der Waals surface area contributed by atoms with Gasteiger partial charge in [0, 0.05) is 25.9 Å². The van der Waals surface area contributed by atoms with E-state index in [0.29, 0.717) is 44.8 Å². The van der Waals surface area contributed by atoms with E-state index in [1.807, 2.05) is 0 Å². The van der Waals surface area contributed by atoms with E-state index >= 15 is 0 Å². The highest BCUT2D eigenvalue weighted by Crippen LogP contribution is 2.34. The molecule has 2 N–H and O–H groups in total. The average molecular weight is 381 g/mol. The Morgan fingerprint density at radius 2 is 1.58 bits per heavy atom. The molecular formula is C16H19N3O6S. The largest absolute Gasteiger partial charge is 0.347 e. The summed E-state index contributed by atoms with van der Waals surface area (Å²) < 4.78 is 38.5. The van der Waals surface area contributed by atoms with Gasteiger partial charge in [-0.2, -0.15) is 4.31 Å². The van der Waals surface area contributed by atoms with Gasteiger partial charge < -0.3 is 20.1 Å². The van der Waals surface area contributed by atoms with Gasteiger partial charge in [-0.25, -0.2) is 8.42 Å². The molecule has 0 unspecified atom stereocenters. The number of hydrogen-bond donors (Lipinski definition) is 2. The quantitative estimate of drug-likeness (QED) is 0.721. The van der Waals surface area contributed by atoms with Crippen molar-refractivity contribution in [2.24, 2.45) is 0 Å². The highest BCUT2D eigenvalue weighted by Gasteiger charge is 2.42. The van der Waals surface area contributed by atoms with Crippen molar-refractivity contribution in [3.8, 4) is 0 Å². The third-order valence-electron chi connectivity index (χ3n) is 4.80. The van der Waals surface area contributed by atoms with Gasteiger partial charge >= 0.3 is 0 Å². The summed E-state index contributed by atoms with van der Waals surface area (Å²) >= 11 is 0. The lowest BCUT2D eigenvalue weighted by molar-refractivity contribution is -0.179. The maximum Gasteiger partial charge on any atom is 0.243 e. The van der Waals surface area contributed by atoms with Gasteiger partial charge in [0.25, 0.3) is 0 Å². The van der Waals surface area contributed by atoms with Gasteiger partial charge in [0.05, 0.1) is 29.5 Å². The van der Waals surface area contributed by atoms with Crippen LogP contribution in [0.1, 0.15) is 19.3 Å². The molecule has 0 atom stereocenters. The Bertz CT molecular complexity index is 853. The normalized spacial score (nSPS) is 23.2. The van der Waals surface area contributed by atoms with Crippen LogP contribution in [0.4, 0.5) is 11.4 Å². The van der Waals surface area contributed by atoms with Crippen molar-refractivity contribution < 1.29 is 27.5 Å². The first kappa shape index (κ1) is 17.4. The van der Waals surface area contributed by atoms with Crippen LogP contribution in [0.25, 0.3) is 0 Å². The number of sulfonamides is 1. The lowest BCUT2D eigenvalue weighted by atomic mass is 10.1. The van der Waals surface area contributed by atoms with E-state index in [9.17, 15) is 18.0 Å². The third kappa shape index (κ3) is 3.09. The minimum absolute atomic E-state index is 0.0666. The van der Waals surface area contributed by atoms with Crippen molar-refractivity contribution in [3.05, 3.63) is 18.2 Å². The Morgan fingerprint density at radius 1 is 0.962 bits per heavy atom. The van der Waals surface area contributed by atoms with E-state index < -0.39 is 27.6 Å². The lowest BCUT2D eigenvalue weighted by Gasteiger charge is -2.36. The number of piperidine rings is 1. The molecule has 3 heterocycles. The smallest absolute Gasteiger partial charge is 0.243 e. The number of carbonyl (C=O) groups is 2. The predicted octanol–water partition coefficient (Wildman–Crippen LogP) is 0.495. The summed E-state index contributed by atoms with van der Waals surface area (Å²) in [6.45, 7) is 1.65. The van der Waals surface area contributed by atoms with Crippen LogP contribution >= 0.6 is 0 Å². The fourth-order valence-corrected chi connectivity index (χ4v) is 4.90. The fourth-order valence-electron chi connectivity index (χ4n) is 3.43. The molecule has 0 aliphatic carbocycles. The lowest BCUT2D eigenvalue weighted by Crippen LogP contribution is -2.47. The maximum atomic E-state index is 13.0. The highest BCUT2D eigenvalue weighted by molar-refractivity contribution is 7.89. The van der Waals surface area contributed by atoms with Crippen LogP contribution in [-0.2, 0) is 29.1 Å². The molecular weight excluding hydrogens is 362 g/mol. The van der Waals surface area contributed by atoms with E-state index in [1.54, 1.807) is 0 Å². The molecule has 3 aliphatic rings. The second kappa shape index (κ2) is 6.31. The molecule has 1 aromatic carbocycles. The molecule has 2 amide bonds. The summed E-state index contributed by atoms with van der Waals surface area (Å²) in [6.07, 6.45) is 0.652. The Hall–Kier alpha value is -2.01. The Labute approximate surface area is 150 Å². The van der Waals surface area contributed by atoms with Gasteiger partial charge in [-0.3, -0.25) is 9.59 Å². The monoisotopic (exact) mass is 381 g/mol. The zero-order valence-electron chi connectivity index (χ0n) is 14.0. The average Bonchev–Trinajstić information content (AvgIpc) is 2.98. The molecule has 1 spiro atoms. The molecule has 1 aromatic rings. The second-order valence-electron chi connectivity index (χ2n) is 6.49. The number of amides is 2. The number of rotatable bonds is 2. The van der Waals surface area contributed by atoms with Crippen molar-refractivity contribution >= 4 is 33.2 Å². The van der Waals surface area contributed by atoms with Crippen molar-refractivity contribution in [2.75, 3.05) is 36.9 Å². The number of fused-ring (bicyclic) bond motifs is 1. The van der Waals surface area contributed by atoms with E-state index in [-0.39, 0.29) is 17.0 Å². The first-order valence-corrected chi connectivity index (χ1v) is 9.84. The van der Waals surface area contributed by atoms with Crippen molar-refractivity contribution in [3.63, 3.8) is 0 Å². The van der Waals surface area contributed by atoms with Gasteiger partial charge in [-0.05, 0) is 18.2 Å². The predicted molar refractivity (Wildman–Crippen MR) is 90.9 cm³/mol. The Morgan fingerprint density at radius 3 is 2.23 bits per heavy atom. The number of anilines is 2. The molecule has 2 saturated heterocycles. The molecule has 9 nitrogen and oxygen atoms in total. The van der Waals surface area contributed by atoms with Crippen LogP contribution in [0.3, 0.4) is 0 Å². The SMILES string of the molecule is O=C1CC(=O)Nc2cc(S(=O)(=O)N3CCC4(CC3)OCCO4)ccc2N1. The van der Waals surface area contributed by atoms with Crippen LogP contribution in [0.2, 0.25) is 0 Å². The van der Waals surface area contributed by atoms with Crippen LogP contribution in [-0.4, -0.2) is 56.6 Å². The number of carbonyl (C=O) groups excluding carboxylic acids is 2. The van der Waals surface area contributed by atoms with E-state index in [0.717, 1.165) is 0 Å². The summed E-state index contributed by atoms with van der Waals surface area (Å²) in [5.41, 5.74) is 0.656. The highest BCUT2D eigenvalue weighted by atomic mass is 32.2. The first-order chi connectivity index (χ1) is 12.4. The van der Waals surface area contributed by atoms with Crippen LogP contribution < -0.4 is 10.6 Å². The first-order valence-electron chi connectivity index (χ1n) is 8.40. The molecule has 0 radical (unpaired) electrons. The van der Waals surface area contributed by atoms with E-state index in [1.165, 1.54) is 22.5 Å². The van der Waals surface area contributed by atoms with E-state index in [2.05, 4.69) is 10.6 Å². The van der Waals surface area contributed by atoms with Crippen molar-refractivity contribution in [1.82, 2.24) is 4.31 Å². The summed E-state index contributed by atoms with van der Waals surface area (Å²) in [6, 6.07) is 4.29. The maximum absolute atomic E-state index is 13.0. The topological polar surface area (TPSA) is 114 Å². The zero-order chi connectivity index (χ0) is 18.4. The summed E-state index contributed by atoms with van der Waals surface area (Å²) in [5.74, 6) is -1.57. The molecule has 3 aliphatic heterocycles. The van der Waals surface area contributed by atoms with E-state index in [4.69, 9.17) is 9.47 Å². The second-order valence-corrected chi connectivity index (χ2v) is 8.43. The van der Waals surface area contributed by atoms with Gasteiger partial charge in [0.2, 0.25) is 21.8 Å². The van der Waals surface area contributed by atoms with Gasteiger partial charge in [0.1, 0.15) is 6.42 Å². The van der Waals surface area contributed by atoms with Crippen LogP contribution in [0, 0.1) is 0 Å². The van der Waals surface area contributed by atoms with Gasteiger partial charge in [-0.1, -0.05) is 0 Å². The minimum atomic E-state index is -3.73. The van der Waals surface area contributed by atoms with Gasteiger partial charge in [0.15, 0.2) is 5.79 Å². The summed E-state index contributed by atoms with van der Waals surface area (Å²) in [5, 5.41) is 5.14. The molecule has 10 heteroatoms. The zero-order valence-corrected chi connectivity index (χ0v) is 14.8. The number of ether oxygens (including phenoxy) is 2. The number of hydrogen-bond acceptors (Lipinski definition) is 6.